The molecule has 0 unspecified atom stereocenters. The van der Waals surface area contributed by atoms with E-state index >= 15 is 0 Å². The van der Waals surface area contributed by atoms with Crippen molar-refractivity contribution in [2.75, 3.05) is 12.0 Å². The number of anilines is 1. The molecule has 1 heterocycles. The number of nitrogens with zero attached hydrogens (tertiary/aromatic N) is 1. The largest absolute Gasteiger partial charge is 0.497 e. The van der Waals surface area contributed by atoms with Gasteiger partial charge < -0.3 is 20.3 Å². The molecule has 3 aromatic rings. The summed E-state index contributed by atoms with van der Waals surface area (Å²) in [6.07, 6.45) is 0. The molecule has 1 aliphatic rings. The Morgan fingerprint density at radius 3 is 1.61 bits per heavy atom. The Balaban J connectivity index is 1.45. The molecule has 3 aromatic carbocycles. The molecule has 2 atom stereocenters. The zero-order valence-electron chi connectivity index (χ0n) is 17.3. The molecule has 0 saturated carbocycles. The summed E-state index contributed by atoms with van der Waals surface area (Å²) in [5.74, 6) is 0.389. The Morgan fingerprint density at radius 2 is 1.19 bits per heavy atom. The van der Waals surface area contributed by atoms with E-state index < -0.39 is 12.1 Å². The molecule has 0 radical (unpaired) electrons. The average Bonchev–Trinajstić information content (AvgIpc) is 3.58. The van der Waals surface area contributed by atoms with Crippen LogP contribution in [0.25, 0.3) is 0 Å². The van der Waals surface area contributed by atoms with Crippen LogP contribution in [0, 0.1) is 0 Å². The fourth-order valence-corrected chi connectivity index (χ4v) is 3.63. The maximum Gasteiger partial charge on any atom is 0.245 e. The second-order valence-electron chi connectivity index (χ2n) is 7.40. The van der Waals surface area contributed by atoms with Gasteiger partial charge in [-0.2, -0.15) is 0 Å². The van der Waals surface area contributed by atoms with Crippen molar-refractivity contribution >= 4 is 17.5 Å². The highest BCUT2D eigenvalue weighted by molar-refractivity contribution is 6.04. The minimum absolute atomic E-state index is 0.167. The molecular weight excluding hydrogens is 390 g/mol. The summed E-state index contributed by atoms with van der Waals surface area (Å²) in [6.45, 7) is 0.843. The lowest BCUT2D eigenvalue weighted by molar-refractivity contribution is -0.124. The highest BCUT2D eigenvalue weighted by atomic mass is 16.5. The van der Waals surface area contributed by atoms with E-state index in [1.807, 2.05) is 89.8 Å². The third-order valence-electron chi connectivity index (χ3n) is 5.34. The number of methoxy groups -OCH3 is 1. The highest BCUT2D eigenvalue weighted by Crippen LogP contribution is 2.36. The lowest BCUT2D eigenvalue weighted by Crippen LogP contribution is -2.34. The van der Waals surface area contributed by atoms with Gasteiger partial charge in [0.25, 0.3) is 0 Å². The fourth-order valence-electron chi connectivity index (χ4n) is 3.63. The van der Waals surface area contributed by atoms with E-state index in [1.54, 1.807) is 7.11 Å². The first kappa shape index (κ1) is 20.5. The summed E-state index contributed by atoms with van der Waals surface area (Å²) < 4.78 is 5.22. The summed E-state index contributed by atoms with van der Waals surface area (Å²) in [4.78, 5) is 27.7. The Bertz CT molecular complexity index is 961. The van der Waals surface area contributed by atoms with Crippen LogP contribution in [-0.4, -0.2) is 31.0 Å². The Morgan fingerprint density at radius 1 is 0.742 bits per heavy atom. The van der Waals surface area contributed by atoms with Crippen LogP contribution in [0.2, 0.25) is 0 Å². The molecule has 1 aliphatic heterocycles. The van der Waals surface area contributed by atoms with E-state index in [1.165, 1.54) is 0 Å². The zero-order chi connectivity index (χ0) is 21.6. The molecule has 158 valence electrons. The van der Waals surface area contributed by atoms with Gasteiger partial charge in [-0.3, -0.25) is 9.59 Å². The van der Waals surface area contributed by atoms with Crippen LogP contribution >= 0.6 is 0 Å². The predicted molar refractivity (Wildman–Crippen MR) is 120 cm³/mol. The van der Waals surface area contributed by atoms with Crippen molar-refractivity contribution in [3.63, 3.8) is 0 Å². The van der Waals surface area contributed by atoms with Gasteiger partial charge >= 0.3 is 0 Å². The maximum atomic E-state index is 12.9. The van der Waals surface area contributed by atoms with Crippen molar-refractivity contribution < 1.29 is 14.3 Å². The molecule has 0 spiro atoms. The van der Waals surface area contributed by atoms with Crippen LogP contribution < -0.4 is 20.3 Å². The molecular formula is C25H25N3O3. The van der Waals surface area contributed by atoms with Crippen molar-refractivity contribution in [2.24, 2.45) is 0 Å². The molecule has 4 rings (SSSR count). The Kier molecular flexibility index (Phi) is 6.17. The topological polar surface area (TPSA) is 70.4 Å². The first-order valence-electron chi connectivity index (χ1n) is 10.2. The van der Waals surface area contributed by atoms with Crippen LogP contribution in [0.1, 0.15) is 11.1 Å². The van der Waals surface area contributed by atoms with E-state index in [0.717, 1.165) is 22.6 Å². The molecule has 0 aromatic heterocycles. The van der Waals surface area contributed by atoms with Gasteiger partial charge in [0.05, 0.1) is 7.11 Å². The standard InChI is InChI=1S/C25H25N3O3/c1-31-21-14-12-20(13-15-21)28-22(24(29)26-16-18-8-4-2-5-9-18)23(28)25(30)27-17-19-10-6-3-7-11-19/h2-15,22-23H,16-17H2,1H3,(H,26,29)(H,27,30)/t22-,23+,28?. The minimum atomic E-state index is -0.548. The second kappa shape index (κ2) is 9.34. The van der Waals surface area contributed by atoms with Gasteiger partial charge in [0, 0.05) is 18.8 Å². The molecule has 1 fully saturated rings. The van der Waals surface area contributed by atoms with Crippen molar-refractivity contribution in [1.29, 1.82) is 0 Å². The molecule has 31 heavy (non-hydrogen) atoms. The van der Waals surface area contributed by atoms with Crippen molar-refractivity contribution in [2.45, 2.75) is 25.2 Å². The van der Waals surface area contributed by atoms with Gasteiger partial charge in [-0.1, -0.05) is 60.7 Å². The molecule has 2 amide bonds. The van der Waals surface area contributed by atoms with Gasteiger partial charge in [-0.25, -0.2) is 0 Å². The summed E-state index contributed by atoms with van der Waals surface area (Å²) in [5.41, 5.74) is 2.83. The third kappa shape index (κ3) is 4.86. The maximum absolute atomic E-state index is 12.9. The van der Waals surface area contributed by atoms with E-state index in [0.29, 0.717) is 13.1 Å². The third-order valence-corrected chi connectivity index (χ3v) is 5.34. The zero-order valence-corrected chi connectivity index (χ0v) is 17.3. The predicted octanol–water partition coefficient (Wildman–Crippen LogP) is 2.89. The Labute approximate surface area is 181 Å². The normalized spacial score (nSPS) is 17.0. The first-order chi connectivity index (χ1) is 15.2. The van der Waals surface area contributed by atoms with Crippen molar-refractivity contribution in [3.05, 3.63) is 96.1 Å². The summed E-state index contributed by atoms with van der Waals surface area (Å²) in [6, 6.07) is 25.7. The number of hydrogen-bond acceptors (Lipinski definition) is 4. The lowest BCUT2D eigenvalue weighted by atomic mass is 10.2. The van der Waals surface area contributed by atoms with E-state index in [4.69, 9.17) is 4.74 Å². The van der Waals surface area contributed by atoms with Crippen LogP contribution in [0.3, 0.4) is 0 Å². The van der Waals surface area contributed by atoms with E-state index in [-0.39, 0.29) is 11.8 Å². The molecule has 1 saturated heterocycles. The quantitative estimate of drug-likeness (QED) is 0.555. The van der Waals surface area contributed by atoms with E-state index in [9.17, 15) is 9.59 Å². The first-order valence-corrected chi connectivity index (χ1v) is 10.2. The number of rotatable bonds is 8. The summed E-state index contributed by atoms with van der Waals surface area (Å²) in [5, 5.41) is 5.91. The number of amides is 2. The van der Waals surface area contributed by atoms with Crippen LogP contribution in [0.4, 0.5) is 5.69 Å². The molecule has 6 nitrogen and oxygen atoms in total. The number of nitrogens with one attached hydrogen (secondary N) is 2. The SMILES string of the molecule is COc1ccc(N2[C@H](C(=O)NCc3ccccc3)[C@@H]2C(=O)NCc2ccccc2)cc1. The molecule has 6 heteroatoms. The van der Waals surface area contributed by atoms with Crippen LogP contribution in [0.15, 0.2) is 84.9 Å². The van der Waals surface area contributed by atoms with Gasteiger partial charge in [0.15, 0.2) is 0 Å². The number of hydrogen-bond donors (Lipinski definition) is 2. The van der Waals surface area contributed by atoms with Crippen LogP contribution in [-0.2, 0) is 22.7 Å². The van der Waals surface area contributed by atoms with Gasteiger partial charge in [-0.15, -0.1) is 0 Å². The van der Waals surface area contributed by atoms with Crippen molar-refractivity contribution in [1.82, 2.24) is 10.6 Å². The van der Waals surface area contributed by atoms with Crippen molar-refractivity contribution in [3.8, 4) is 5.75 Å². The number of benzene rings is 3. The highest BCUT2D eigenvalue weighted by Gasteiger charge is 2.57. The number of carbonyl (C=O) groups excluding carboxylic acids is 2. The smallest absolute Gasteiger partial charge is 0.245 e. The Hall–Kier alpha value is -3.80. The fraction of sp³-hybridized carbons (Fsp3) is 0.200. The molecule has 0 bridgehead atoms. The number of ether oxygens (including phenoxy) is 1. The molecule has 2 N–H and O–H groups in total. The average molecular weight is 415 g/mol. The van der Waals surface area contributed by atoms with Gasteiger partial charge in [-0.05, 0) is 35.4 Å². The number of carbonyl (C=O) groups is 2. The van der Waals surface area contributed by atoms with Gasteiger partial charge in [0.1, 0.15) is 17.8 Å². The molecule has 0 aliphatic carbocycles. The van der Waals surface area contributed by atoms with E-state index in [2.05, 4.69) is 10.6 Å². The lowest BCUT2D eigenvalue weighted by Gasteiger charge is -2.08. The van der Waals surface area contributed by atoms with Gasteiger partial charge in [0.2, 0.25) is 11.8 Å². The van der Waals surface area contributed by atoms with Crippen LogP contribution in [0.5, 0.6) is 5.75 Å². The summed E-state index contributed by atoms with van der Waals surface area (Å²) in [7, 11) is 1.60. The minimum Gasteiger partial charge on any atom is -0.497 e. The monoisotopic (exact) mass is 415 g/mol. The summed E-state index contributed by atoms with van der Waals surface area (Å²) >= 11 is 0. The second-order valence-corrected chi connectivity index (χ2v) is 7.40.